The van der Waals surface area contributed by atoms with Crippen LogP contribution in [0.1, 0.15) is 47.2 Å². The molecular formula is C27H29N3O3. The van der Waals surface area contributed by atoms with Crippen LogP contribution in [0.5, 0.6) is 5.75 Å². The lowest BCUT2D eigenvalue weighted by Gasteiger charge is -2.32. The molecule has 1 atom stereocenters. The third-order valence-corrected chi connectivity index (χ3v) is 6.08. The molecule has 1 aliphatic heterocycles. The Hall–Kier alpha value is -3.67. The fourth-order valence-electron chi connectivity index (χ4n) is 3.98. The zero-order valence-electron chi connectivity index (χ0n) is 19.0. The van der Waals surface area contributed by atoms with Gasteiger partial charge in [0.15, 0.2) is 0 Å². The Kier molecular flexibility index (Phi) is 7.03. The van der Waals surface area contributed by atoms with E-state index < -0.39 is 0 Å². The van der Waals surface area contributed by atoms with Crippen molar-refractivity contribution in [1.82, 2.24) is 9.88 Å². The van der Waals surface area contributed by atoms with Gasteiger partial charge >= 0.3 is 0 Å². The van der Waals surface area contributed by atoms with E-state index in [1.54, 1.807) is 24.5 Å². The molecule has 170 valence electrons. The van der Waals surface area contributed by atoms with Crippen molar-refractivity contribution in [2.24, 2.45) is 0 Å². The van der Waals surface area contributed by atoms with E-state index in [9.17, 15) is 9.59 Å². The van der Waals surface area contributed by atoms with Gasteiger partial charge in [0.1, 0.15) is 11.9 Å². The third kappa shape index (κ3) is 5.58. The molecule has 2 heterocycles. The molecule has 0 aliphatic carbocycles. The minimum Gasteiger partial charge on any atom is -0.490 e. The number of ether oxygens (including phenoxy) is 1. The van der Waals surface area contributed by atoms with Gasteiger partial charge in [0, 0.05) is 50.1 Å². The summed E-state index contributed by atoms with van der Waals surface area (Å²) in [7, 11) is 0. The molecule has 2 amide bonds. The smallest absolute Gasteiger partial charge is 0.255 e. The number of hydrogen-bond acceptors (Lipinski definition) is 4. The van der Waals surface area contributed by atoms with E-state index in [4.69, 9.17) is 4.74 Å². The summed E-state index contributed by atoms with van der Waals surface area (Å²) < 4.78 is 6.29. The van der Waals surface area contributed by atoms with Gasteiger partial charge in [-0.25, -0.2) is 0 Å². The maximum Gasteiger partial charge on any atom is 0.255 e. The summed E-state index contributed by atoms with van der Waals surface area (Å²) in [5.74, 6) is 0.462. The molecule has 4 rings (SSSR count). The number of pyridine rings is 1. The molecule has 1 saturated heterocycles. The summed E-state index contributed by atoms with van der Waals surface area (Å²) in [6.45, 7) is 5.18. The Labute approximate surface area is 194 Å². The number of benzene rings is 2. The number of nitrogens with one attached hydrogen (secondary N) is 1. The first-order chi connectivity index (χ1) is 16.0. The van der Waals surface area contributed by atoms with E-state index in [1.165, 1.54) is 0 Å². The van der Waals surface area contributed by atoms with Crippen molar-refractivity contribution in [1.29, 1.82) is 0 Å². The number of nitrogens with zero attached hydrogens (tertiary/aromatic N) is 2. The predicted molar refractivity (Wildman–Crippen MR) is 128 cm³/mol. The van der Waals surface area contributed by atoms with Crippen molar-refractivity contribution in [3.63, 3.8) is 0 Å². The van der Waals surface area contributed by atoms with Gasteiger partial charge in [-0.2, -0.15) is 0 Å². The lowest BCUT2D eigenvalue weighted by molar-refractivity contribution is -0.117. The summed E-state index contributed by atoms with van der Waals surface area (Å²) >= 11 is 0. The number of hydrogen-bond donors (Lipinski definition) is 1. The number of carbonyl (C=O) groups excluding carboxylic acids is 2. The highest BCUT2D eigenvalue weighted by molar-refractivity contribution is 5.96. The number of rotatable bonds is 6. The predicted octanol–water partition coefficient (Wildman–Crippen LogP) is 4.82. The SMILES string of the molecule is Cc1ccc(NC(=O)[C@@H](C)c2ccccc2)cc1OC1CCN(C(=O)c2cccnc2)CC1. The number of aromatic nitrogens is 1. The summed E-state index contributed by atoms with van der Waals surface area (Å²) in [6, 6.07) is 19.0. The summed E-state index contributed by atoms with van der Waals surface area (Å²) in [5.41, 5.74) is 3.32. The first-order valence-electron chi connectivity index (χ1n) is 11.3. The highest BCUT2D eigenvalue weighted by atomic mass is 16.5. The van der Waals surface area contributed by atoms with Crippen molar-refractivity contribution in [2.75, 3.05) is 18.4 Å². The molecular weight excluding hydrogens is 414 g/mol. The van der Waals surface area contributed by atoms with Crippen molar-refractivity contribution in [3.8, 4) is 5.75 Å². The Morgan fingerprint density at radius 2 is 1.82 bits per heavy atom. The fraction of sp³-hybridized carbons (Fsp3) is 0.296. The topological polar surface area (TPSA) is 71.5 Å². The normalized spacial score (nSPS) is 15.0. The molecule has 0 radical (unpaired) electrons. The summed E-state index contributed by atoms with van der Waals surface area (Å²) in [4.78, 5) is 31.2. The van der Waals surface area contributed by atoms with E-state index in [0.717, 1.165) is 29.7 Å². The largest absolute Gasteiger partial charge is 0.490 e. The second-order valence-electron chi connectivity index (χ2n) is 8.45. The Morgan fingerprint density at radius 3 is 2.52 bits per heavy atom. The molecule has 2 aromatic carbocycles. The van der Waals surface area contributed by atoms with Gasteiger partial charge in [0.2, 0.25) is 5.91 Å². The van der Waals surface area contributed by atoms with Crippen LogP contribution in [-0.4, -0.2) is 40.9 Å². The summed E-state index contributed by atoms with van der Waals surface area (Å²) in [5, 5.41) is 3.01. The zero-order chi connectivity index (χ0) is 23.2. The number of carbonyl (C=O) groups is 2. The van der Waals surface area contributed by atoms with Gasteiger partial charge in [0.25, 0.3) is 5.91 Å². The molecule has 0 unspecified atom stereocenters. The minimum absolute atomic E-state index is 0.00924. The molecule has 0 bridgehead atoms. The molecule has 0 spiro atoms. The molecule has 6 nitrogen and oxygen atoms in total. The van der Waals surface area contributed by atoms with Crippen LogP contribution in [0.15, 0.2) is 73.1 Å². The van der Waals surface area contributed by atoms with Crippen LogP contribution >= 0.6 is 0 Å². The van der Waals surface area contributed by atoms with E-state index in [-0.39, 0.29) is 23.8 Å². The van der Waals surface area contributed by atoms with Crippen LogP contribution in [-0.2, 0) is 4.79 Å². The maximum absolute atomic E-state index is 12.7. The summed E-state index contributed by atoms with van der Waals surface area (Å²) in [6.07, 6.45) is 4.81. The Balaban J connectivity index is 1.35. The highest BCUT2D eigenvalue weighted by Crippen LogP contribution is 2.27. The van der Waals surface area contributed by atoms with Gasteiger partial charge in [-0.05, 0) is 43.2 Å². The molecule has 3 aromatic rings. The first-order valence-corrected chi connectivity index (χ1v) is 11.3. The maximum atomic E-state index is 12.7. The highest BCUT2D eigenvalue weighted by Gasteiger charge is 2.25. The minimum atomic E-state index is -0.251. The second kappa shape index (κ2) is 10.3. The lowest BCUT2D eigenvalue weighted by Crippen LogP contribution is -2.41. The quantitative estimate of drug-likeness (QED) is 0.593. The van der Waals surface area contributed by atoms with Crippen molar-refractivity contribution in [3.05, 3.63) is 89.7 Å². The molecule has 6 heteroatoms. The average Bonchev–Trinajstić information content (AvgIpc) is 2.86. The van der Waals surface area contributed by atoms with Crippen molar-refractivity contribution < 1.29 is 14.3 Å². The first kappa shape index (κ1) is 22.5. The van der Waals surface area contributed by atoms with Crippen molar-refractivity contribution >= 4 is 17.5 Å². The van der Waals surface area contributed by atoms with Crippen molar-refractivity contribution in [2.45, 2.75) is 38.7 Å². The van der Waals surface area contributed by atoms with E-state index in [2.05, 4.69) is 10.3 Å². The van der Waals surface area contributed by atoms with Crippen LogP contribution < -0.4 is 10.1 Å². The number of likely N-dealkylation sites (tertiary alicyclic amines) is 1. The molecule has 0 saturated carbocycles. The molecule has 33 heavy (non-hydrogen) atoms. The van der Waals surface area contributed by atoms with Crippen LogP contribution in [0, 0.1) is 6.92 Å². The second-order valence-corrected chi connectivity index (χ2v) is 8.45. The average molecular weight is 444 g/mol. The van der Waals surface area contributed by atoms with Crippen LogP contribution in [0.4, 0.5) is 5.69 Å². The number of anilines is 1. The number of amides is 2. The van der Waals surface area contributed by atoms with Gasteiger partial charge in [-0.15, -0.1) is 0 Å². The fourth-order valence-corrected chi connectivity index (χ4v) is 3.98. The Bertz CT molecular complexity index is 1090. The number of piperidine rings is 1. The van der Waals surface area contributed by atoms with Crippen LogP contribution in [0.2, 0.25) is 0 Å². The lowest BCUT2D eigenvalue weighted by atomic mass is 10.0. The van der Waals surface area contributed by atoms with Gasteiger partial charge < -0.3 is 15.0 Å². The van der Waals surface area contributed by atoms with Gasteiger partial charge in [-0.3, -0.25) is 14.6 Å². The van der Waals surface area contributed by atoms with E-state index in [1.807, 2.05) is 67.3 Å². The standard InChI is InChI=1S/C27H29N3O3/c1-19-10-11-23(29-26(31)20(2)21-7-4-3-5-8-21)17-25(19)33-24-12-15-30(16-13-24)27(32)22-9-6-14-28-18-22/h3-11,14,17-18,20,24H,12-13,15-16H2,1-2H3,(H,29,31)/t20-/m0/s1. The zero-order valence-corrected chi connectivity index (χ0v) is 19.0. The third-order valence-electron chi connectivity index (χ3n) is 6.08. The molecule has 1 fully saturated rings. The monoisotopic (exact) mass is 443 g/mol. The van der Waals surface area contributed by atoms with Gasteiger partial charge in [0.05, 0.1) is 11.5 Å². The number of aryl methyl sites for hydroxylation is 1. The Morgan fingerprint density at radius 1 is 1.06 bits per heavy atom. The van der Waals surface area contributed by atoms with Gasteiger partial charge in [-0.1, -0.05) is 36.4 Å². The molecule has 1 N–H and O–H groups in total. The van der Waals surface area contributed by atoms with Crippen LogP contribution in [0.3, 0.4) is 0 Å². The van der Waals surface area contributed by atoms with E-state index >= 15 is 0 Å². The van der Waals surface area contributed by atoms with Crippen LogP contribution in [0.25, 0.3) is 0 Å². The van der Waals surface area contributed by atoms with E-state index in [0.29, 0.717) is 24.3 Å². The molecule has 1 aliphatic rings. The molecule has 1 aromatic heterocycles.